The summed E-state index contributed by atoms with van der Waals surface area (Å²) in [7, 11) is 2.16. The predicted molar refractivity (Wildman–Crippen MR) is 101 cm³/mol. The Morgan fingerprint density at radius 3 is 1.71 bits per heavy atom. The first kappa shape index (κ1) is 14.6. The summed E-state index contributed by atoms with van der Waals surface area (Å²) < 4.78 is 2.32. The van der Waals surface area contributed by atoms with Crippen LogP contribution in [0.1, 0.15) is 5.69 Å². The third-order valence-corrected chi connectivity index (χ3v) is 4.77. The molecule has 24 heavy (non-hydrogen) atoms. The second-order valence-corrected chi connectivity index (χ2v) is 6.15. The molecular formula is C23H20N+. The molecule has 1 heteroatoms. The molecule has 3 aromatic carbocycles. The van der Waals surface area contributed by atoms with Gasteiger partial charge in [-0.2, -0.15) is 4.57 Å². The third-order valence-electron chi connectivity index (χ3n) is 4.77. The molecule has 0 atom stereocenters. The van der Waals surface area contributed by atoms with Gasteiger partial charge in [-0.25, -0.2) is 0 Å². The van der Waals surface area contributed by atoms with Crippen LogP contribution in [-0.2, 0) is 7.05 Å². The van der Waals surface area contributed by atoms with E-state index in [2.05, 4.69) is 103 Å². The van der Waals surface area contributed by atoms with Crippen LogP contribution in [0.3, 0.4) is 0 Å². The lowest BCUT2D eigenvalue weighted by Gasteiger charge is -2.14. The van der Waals surface area contributed by atoms with Crippen molar-refractivity contribution in [1.82, 2.24) is 0 Å². The van der Waals surface area contributed by atoms with Crippen LogP contribution in [0.15, 0.2) is 84.9 Å². The maximum Gasteiger partial charge on any atom is 0.221 e. The summed E-state index contributed by atoms with van der Waals surface area (Å²) in [6.45, 7) is 2.20. The first-order chi connectivity index (χ1) is 11.8. The van der Waals surface area contributed by atoms with E-state index < -0.39 is 0 Å². The fourth-order valence-corrected chi connectivity index (χ4v) is 3.49. The summed E-state index contributed by atoms with van der Waals surface area (Å²) in [6.07, 6.45) is 0. The molecule has 0 N–H and O–H groups in total. The van der Waals surface area contributed by atoms with Crippen LogP contribution in [0.5, 0.6) is 0 Å². The summed E-state index contributed by atoms with van der Waals surface area (Å²) in [5.74, 6) is 0. The maximum atomic E-state index is 2.32. The highest BCUT2D eigenvalue weighted by molar-refractivity contribution is 6.02. The third kappa shape index (κ3) is 2.30. The minimum absolute atomic E-state index is 1.24. The average Bonchev–Trinajstić information content (AvgIpc) is 2.66. The van der Waals surface area contributed by atoms with Gasteiger partial charge in [0.25, 0.3) is 0 Å². The van der Waals surface area contributed by atoms with E-state index in [0.717, 1.165) is 0 Å². The normalized spacial score (nSPS) is 10.9. The zero-order valence-corrected chi connectivity index (χ0v) is 14.0. The Kier molecular flexibility index (Phi) is 3.62. The van der Waals surface area contributed by atoms with Gasteiger partial charge in [-0.15, -0.1) is 0 Å². The Morgan fingerprint density at radius 1 is 0.583 bits per heavy atom. The summed E-state index contributed by atoms with van der Waals surface area (Å²) in [5, 5.41) is 2.61. The number of fused-ring (bicyclic) bond motifs is 1. The molecule has 0 saturated carbocycles. The Morgan fingerprint density at radius 2 is 1.08 bits per heavy atom. The van der Waals surface area contributed by atoms with Gasteiger partial charge in [0, 0.05) is 23.3 Å². The number of nitrogens with zero attached hydrogens (tertiary/aromatic N) is 1. The van der Waals surface area contributed by atoms with Crippen molar-refractivity contribution in [3.05, 3.63) is 90.6 Å². The van der Waals surface area contributed by atoms with E-state index in [-0.39, 0.29) is 0 Å². The van der Waals surface area contributed by atoms with Gasteiger partial charge in [-0.3, -0.25) is 0 Å². The van der Waals surface area contributed by atoms with Crippen molar-refractivity contribution in [2.45, 2.75) is 6.92 Å². The average molecular weight is 310 g/mol. The second kappa shape index (κ2) is 5.93. The Bertz CT molecular complexity index is 1000. The quantitative estimate of drug-likeness (QED) is 0.442. The van der Waals surface area contributed by atoms with E-state index >= 15 is 0 Å². The van der Waals surface area contributed by atoms with Gasteiger partial charge in [-0.1, -0.05) is 66.7 Å². The van der Waals surface area contributed by atoms with Gasteiger partial charge in [0.2, 0.25) is 5.69 Å². The van der Waals surface area contributed by atoms with Crippen LogP contribution in [0.2, 0.25) is 0 Å². The molecule has 0 amide bonds. The van der Waals surface area contributed by atoms with Crippen LogP contribution in [-0.4, -0.2) is 0 Å². The molecule has 116 valence electrons. The monoisotopic (exact) mass is 310 g/mol. The van der Waals surface area contributed by atoms with Gasteiger partial charge in [0.1, 0.15) is 7.05 Å². The van der Waals surface area contributed by atoms with Crippen molar-refractivity contribution in [2.75, 3.05) is 0 Å². The molecule has 0 aliphatic heterocycles. The standard InChI is InChI=1S/C23H20N/c1-17-20-15-9-10-16-21(20)22(18-11-5-3-6-12-18)23(24(17)2)19-13-7-4-8-14-19/h3-16H,1-2H3/q+1. The zero-order valence-electron chi connectivity index (χ0n) is 14.0. The molecule has 0 bridgehead atoms. The smallest absolute Gasteiger partial charge is 0.197 e. The van der Waals surface area contributed by atoms with Crippen LogP contribution in [0, 0.1) is 6.92 Å². The summed E-state index contributed by atoms with van der Waals surface area (Å²) >= 11 is 0. The number of benzene rings is 3. The topological polar surface area (TPSA) is 3.88 Å². The SMILES string of the molecule is Cc1c2ccccc2c(-c2ccccc2)c(-c2ccccc2)[n+]1C. The number of rotatable bonds is 2. The fraction of sp³-hybridized carbons (Fsp3) is 0.0870. The highest BCUT2D eigenvalue weighted by atomic mass is 14.9. The largest absolute Gasteiger partial charge is 0.221 e. The molecule has 1 nitrogen and oxygen atoms in total. The second-order valence-electron chi connectivity index (χ2n) is 6.15. The molecule has 0 spiro atoms. The number of pyridine rings is 1. The molecule has 4 rings (SSSR count). The molecule has 0 unspecified atom stereocenters. The Balaban J connectivity index is 2.20. The summed E-state index contributed by atoms with van der Waals surface area (Å²) in [6, 6.07) is 30.0. The molecule has 0 fully saturated rings. The van der Waals surface area contributed by atoms with Crippen molar-refractivity contribution in [1.29, 1.82) is 0 Å². The van der Waals surface area contributed by atoms with Crippen molar-refractivity contribution in [3.8, 4) is 22.4 Å². The van der Waals surface area contributed by atoms with E-state index in [1.54, 1.807) is 0 Å². The Hall–Kier alpha value is -2.93. The van der Waals surface area contributed by atoms with E-state index in [4.69, 9.17) is 0 Å². The van der Waals surface area contributed by atoms with Crippen molar-refractivity contribution < 1.29 is 4.57 Å². The highest BCUT2D eigenvalue weighted by Gasteiger charge is 2.23. The number of aromatic nitrogens is 1. The van der Waals surface area contributed by atoms with Crippen LogP contribution in [0.25, 0.3) is 33.2 Å². The van der Waals surface area contributed by atoms with E-state index in [0.29, 0.717) is 0 Å². The van der Waals surface area contributed by atoms with E-state index in [9.17, 15) is 0 Å². The van der Waals surface area contributed by atoms with Crippen molar-refractivity contribution in [3.63, 3.8) is 0 Å². The van der Waals surface area contributed by atoms with Crippen LogP contribution >= 0.6 is 0 Å². The molecule has 0 aliphatic carbocycles. The lowest BCUT2D eigenvalue weighted by Crippen LogP contribution is -2.35. The lowest BCUT2D eigenvalue weighted by molar-refractivity contribution is -0.664. The van der Waals surface area contributed by atoms with Gasteiger partial charge >= 0.3 is 0 Å². The first-order valence-electron chi connectivity index (χ1n) is 8.29. The predicted octanol–water partition coefficient (Wildman–Crippen LogP) is 5.31. The van der Waals surface area contributed by atoms with Gasteiger partial charge < -0.3 is 0 Å². The molecule has 1 heterocycles. The lowest BCUT2D eigenvalue weighted by atomic mass is 9.92. The molecule has 0 aliphatic rings. The van der Waals surface area contributed by atoms with Crippen LogP contribution in [0.4, 0.5) is 0 Å². The summed E-state index contributed by atoms with van der Waals surface area (Å²) in [5.41, 5.74) is 6.34. The zero-order chi connectivity index (χ0) is 16.5. The first-order valence-corrected chi connectivity index (χ1v) is 8.29. The molecule has 0 saturated heterocycles. The number of aryl methyl sites for hydroxylation is 1. The van der Waals surface area contributed by atoms with Gasteiger partial charge in [0.15, 0.2) is 5.69 Å². The number of hydrogen-bond acceptors (Lipinski definition) is 0. The summed E-state index contributed by atoms with van der Waals surface area (Å²) in [4.78, 5) is 0. The van der Waals surface area contributed by atoms with Crippen molar-refractivity contribution >= 4 is 10.8 Å². The van der Waals surface area contributed by atoms with E-state index in [1.807, 2.05) is 0 Å². The highest BCUT2D eigenvalue weighted by Crippen LogP contribution is 2.36. The molecular weight excluding hydrogens is 290 g/mol. The molecule has 0 radical (unpaired) electrons. The number of hydrogen-bond donors (Lipinski definition) is 0. The minimum Gasteiger partial charge on any atom is -0.197 e. The van der Waals surface area contributed by atoms with Gasteiger partial charge in [0.05, 0.1) is 5.56 Å². The molecule has 1 aromatic heterocycles. The van der Waals surface area contributed by atoms with Gasteiger partial charge in [-0.05, 0) is 23.8 Å². The maximum absolute atomic E-state index is 2.32. The molecule has 4 aromatic rings. The van der Waals surface area contributed by atoms with E-state index in [1.165, 1.54) is 38.9 Å². The fourth-order valence-electron chi connectivity index (χ4n) is 3.49. The Labute approximate surface area is 142 Å². The van der Waals surface area contributed by atoms with Crippen LogP contribution < -0.4 is 4.57 Å². The van der Waals surface area contributed by atoms with Crippen molar-refractivity contribution in [2.24, 2.45) is 7.05 Å². The minimum atomic E-state index is 1.24.